The van der Waals surface area contributed by atoms with E-state index in [9.17, 15) is 0 Å². The highest BCUT2D eigenvalue weighted by Crippen LogP contribution is 2.29. The molecule has 3 heteroatoms. The van der Waals surface area contributed by atoms with Crippen LogP contribution in [0, 0.1) is 13.8 Å². The molecule has 0 saturated heterocycles. The van der Waals surface area contributed by atoms with E-state index in [2.05, 4.69) is 4.98 Å². The van der Waals surface area contributed by atoms with Crippen LogP contribution in [0.1, 0.15) is 28.6 Å². The van der Waals surface area contributed by atoms with Gasteiger partial charge in [-0.2, -0.15) is 0 Å². The molecule has 3 aromatic rings. The highest BCUT2D eigenvalue weighted by Gasteiger charge is 2.16. The van der Waals surface area contributed by atoms with E-state index in [4.69, 9.17) is 10.2 Å². The standard InChI is InChI=1S/C16H16N2O/c1-10-5-3-6-12-9-14(19-16(10)12)15(17)13-7-4-8-18-11(13)2/h3-9,15H,17H2,1-2H3. The fourth-order valence-corrected chi connectivity index (χ4v) is 2.36. The van der Waals surface area contributed by atoms with E-state index in [1.54, 1.807) is 6.20 Å². The predicted molar refractivity (Wildman–Crippen MR) is 76.0 cm³/mol. The molecule has 2 heterocycles. The van der Waals surface area contributed by atoms with Crippen LogP contribution >= 0.6 is 0 Å². The third-order valence-corrected chi connectivity index (χ3v) is 3.45. The molecule has 0 spiro atoms. The van der Waals surface area contributed by atoms with Crippen LogP contribution in [0.15, 0.2) is 47.0 Å². The van der Waals surface area contributed by atoms with E-state index in [-0.39, 0.29) is 6.04 Å². The molecule has 0 saturated carbocycles. The van der Waals surface area contributed by atoms with E-state index >= 15 is 0 Å². The molecule has 1 unspecified atom stereocenters. The number of furan rings is 1. The Kier molecular flexibility index (Phi) is 2.84. The minimum atomic E-state index is -0.277. The first-order valence-corrected chi connectivity index (χ1v) is 6.33. The zero-order chi connectivity index (χ0) is 13.4. The van der Waals surface area contributed by atoms with Crippen molar-refractivity contribution in [1.29, 1.82) is 0 Å². The molecular formula is C16H16N2O. The number of nitrogens with zero attached hydrogens (tertiary/aromatic N) is 1. The van der Waals surface area contributed by atoms with Gasteiger partial charge in [0.2, 0.25) is 0 Å². The lowest BCUT2D eigenvalue weighted by atomic mass is 10.0. The van der Waals surface area contributed by atoms with Gasteiger partial charge >= 0.3 is 0 Å². The van der Waals surface area contributed by atoms with Crippen LogP contribution in [0.3, 0.4) is 0 Å². The average Bonchev–Trinajstić information content (AvgIpc) is 2.84. The topological polar surface area (TPSA) is 52.0 Å². The van der Waals surface area contributed by atoms with Gasteiger partial charge < -0.3 is 10.2 Å². The number of nitrogens with two attached hydrogens (primary N) is 1. The monoisotopic (exact) mass is 252 g/mol. The summed E-state index contributed by atoms with van der Waals surface area (Å²) in [5.74, 6) is 0.778. The molecule has 0 radical (unpaired) electrons. The fraction of sp³-hybridized carbons (Fsp3) is 0.188. The number of benzene rings is 1. The Bertz CT molecular complexity index is 730. The minimum Gasteiger partial charge on any atom is -0.459 e. The van der Waals surface area contributed by atoms with Crippen LogP contribution in [-0.4, -0.2) is 4.98 Å². The van der Waals surface area contributed by atoms with Crippen molar-refractivity contribution in [2.24, 2.45) is 5.73 Å². The van der Waals surface area contributed by atoms with Crippen molar-refractivity contribution in [3.63, 3.8) is 0 Å². The Hall–Kier alpha value is -2.13. The van der Waals surface area contributed by atoms with Gasteiger partial charge in [0.1, 0.15) is 11.3 Å². The quantitative estimate of drug-likeness (QED) is 0.759. The molecule has 3 rings (SSSR count). The molecule has 3 nitrogen and oxygen atoms in total. The zero-order valence-electron chi connectivity index (χ0n) is 11.1. The molecule has 0 aliphatic carbocycles. The number of aromatic nitrogens is 1. The van der Waals surface area contributed by atoms with Crippen molar-refractivity contribution in [2.45, 2.75) is 19.9 Å². The lowest BCUT2D eigenvalue weighted by Gasteiger charge is -2.10. The van der Waals surface area contributed by atoms with Gasteiger partial charge in [0.15, 0.2) is 0 Å². The molecule has 96 valence electrons. The highest BCUT2D eigenvalue weighted by molar-refractivity contribution is 5.81. The first-order chi connectivity index (χ1) is 9.16. The smallest absolute Gasteiger partial charge is 0.137 e. The van der Waals surface area contributed by atoms with Gasteiger partial charge in [-0.05, 0) is 37.1 Å². The number of hydrogen-bond acceptors (Lipinski definition) is 3. The number of hydrogen-bond donors (Lipinski definition) is 1. The minimum absolute atomic E-state index is 0.277. The van der Waals surface area contributed by atoms with Gasteiger partial charge in [0.25, 0.3) is 0 Å². The summed E-state index contributed by atoms with van der Waals surface area (Å²) in [6, 6.07) is 11.7. The number of fused-ring (bicyclic) bond motifs is 1. The van der Waals surface area contributed by atoms with Crippen molar-refractivity contribution < 1.29 is 4.42 Å². The van der Waals surface area contributed by atoms with Crippen molar-refractivity contribution in [1.82, 2.24) is 4.98 Å². The first-order valence-electron chi connectivity index (χ1n) is 6.33. The predicted octanol–water partition coefficient (Wildman–Crippen LogP) is 3.49. The van der Waals surface area contributed by atoms with E-state index < -0.39 is 0 Å². The molecule has 1 aromatic carbocycles. The second-order valence-corrected chi connectivity index (χ2v) is 4.80. The number of pyridine rings is 1. The van der Waals surface area contributed by atoms with Gasteiger partial charge in [-0.25, -0.2) is 0 Å². The Morgan fingerprint density at radius 2 is 2.00 bits per heavy atom. The van der Waals surface area contributed by atoms with Gasteiger partial charge in [-0.15, -0.1) is 0 Å². The summed E-state index contributed by atoms with van der Waals surface area (Å²) < 4.78 is 5.92. The second-order valence-electron chi connectivity index (χ2n) is 4.80. The molecule has 0 bridgehead atoms. The number of para-hydroxylation sites is 1. The Morgan fingerprint density at radius 1 is 1.16 bits per heavy atom. The maximum atomic E-state index is 6.30. The molecule has 2 aromatic heterocycles. The molecule has 0 aliphatic rings. The highest BCUT2D eigenvalue weighted by atomic mass is 16.3. The second kappa shape index (κ2) is 4.52. The van der Waals surface area contributed by atoms with E-state index in [0.717, 1.165) is 33.6 Å². The maximum Gasteiger partial charge on any atom is 0.137 e. The van der Waals surface area contributed by atoms with Crippen molar-refractivity contribution in [3.05, 3.63) is 65.2 Å². The molecular weight excluding hydrogens is 236 g/mol. The Morgan fingerprint density at radius 3 is 2.74 bits per heavy atom. The van der Waals surface area contributed by atoms with Gasteiger partial charge in [-0.3, -0.25) is 4.98 Å². The van der Waals surface area contributed by atoms with Crippen molar-refractivity contribution in [2.75, 3.05) is 0 Å². The molecule has 19 heavy (non-hydrogen) atoms. The molecule has 1 atom stereocenters. The van der Waals surface area contributed by atoms with Gasteiger partial charge in [-0.1, -0.05) is 24.3 Å². The largest absolute Gasteiger partial charge is 0.459 e. The summed E-state index contributed by atoms with van der Waals surface area (Å²) in [5, 5.41) is 1.09. The summed E-state index contributed by atoms with van der Waals surface area (Å²) in [4.78, 5) is 4.28. The fourth-order valence-electron chi connectivity index (χ4n) is 2.36. The summed E-state index contributed by atoms with van der Waals surface area (Å²) in [6.07, 6.45) is 1.77. The summed E-state index contributed by atoms with van der Waals surface area (Å²) in [6.45, 7) is 4.00. The number of aryl methyl sites for hydroxylation is 2. The van der Waals surface area contributed by atoms with Crippen LogP contribution in [0.5, 0.6) is 0 Å². The summed E-state index contributed by atoms with van der Waals surface area (Å²) in [5.41, 5.74) is 10.3. The lowest BCUT2D eigenvalue weighted by molar-refractivity contribution is 0.522. The maximum absolute atomic E-state index is 6.30. The van der Waals surface area contributed by atoms with Crippen LogP contribution < -0.4 is 5.73 Å². The molecule has 0 amide bonds. The van der Waals surface area contributed by atoms with E-state index in [1.165, 1.54) is 0 Å². The normalized spacial score (nSPS) is 12.8. The average molecular weight is 252 g/mol. The van der Waals surface area contributed by atoms with Crippen LogP contribution in [0.25, 0.3) is 11.0 Å². The summed E-state index contributed by atoms with van der Waals surface area (Å²) in [7, 11) is 0. The van der Waals surface area contributed by atoms with Gasteiger partial charge in [0.05, 0.1) is 6.04 Å². The third-order valence-electron chi connectivity index (χ3n) is 3.45. The van der Waals surface area contributed by atoms with Crippen molar-refractivity contribution >= 4 is 11.0 Å². The zero-order valence-corrected chi connectivity index (χ0v) is 11.1. The SMILES string of the molecule is Cc1ncccc1C(N)c1cc2cccc(C)c2o1. The first kappa shape index (κ1) is 11.9. The lowest BCUT2D eigenvalue weighted by Crippen LogP contribution is -2.12. The Balaban J connectivity index is 2.10. The molecule has 0 aliphatic heterocycles. The van der Waals surface area contributed by atoms with Crippen LogP contribution in [0.4, 0.5) is 0 Å². The van der Waals surface area contributed by atoms with Crippen LogP contribution in [-0.2, 0) is 0 Å². The van der Waals surface area contributed by atoms with Crippen LogP contribution in [0.2, 0.25) is 0 Å². The molecule has 2 N–H and O–H groups in total. The Labute approximate surface area is 112 Å². The summed E-state index contributed by atoms with van der Waals surface area (Å²) >= 11 is 0. The molecule has 0 fully saturated rings. The van der Waals surface area contributed by atoms with Crippen molar-refractivity contribution in [3.8, 4) is 0 Å². The number of rotatable bonds is 2. The van der Waals surface area contributed by atoms with E-state index in [1.807, 2.05) is 50.2 Å². The van der Waals surface area contributed by atoms with E-state index in [0.29, 0.717) is 0 Å². The van der Waals surface area contributed by atoms with Gasteiger partial charge in [0, 0.05) is 17.3 Å². The third kappa shape index (κ3) is 2.02.